The van der Waals surface area contributed by atoms with Gasteiger partial charge in [0, 0.05) is 30.5 Å². The third-order valence-electron chi connectivity index (χ3n) is 4.46. The number of anilines is 4. The highest BCUT2D eigenvalue weighted by Crippen LogP contribution is 2.21. The Morgan fingerprint density at radius 1 is 1.03 bits per heavy atom. The van der Waals surface area contributed by atoms with Gasteiger partial charge in [0.1, 0.15) is 23.2 Å². The Hall–Kier alpha value is -3.48. The van der Waals surface area contributed by atoms with Crippen molar-refractivity contribution in [1.82, 2.24) is 9.97 Å². The van der Waals surface area contributed by atoms with Crippen molar-refractivity contribution in [2.24, 2.45) is 0 Å². The number of hydrogen-bond acceptors (Lipinski definition) is 5. The minimum absolute atomic E-state index is 0.107. The van der Waals surface area contributed by atoms with Crippen molar-refractivity contribution in [2.75, 3.05) is 28.6 Å². The number of halogens is 1. The highest BCUT2D eigenvalue weighted by Gasteiger charge is 2.13. The predicted molar refractivity (Wildman–Crippen MR) is 114 cm³/mol. The molecule has 1 heterocycles. The summed E-state index contributed by atoms with van der Waals surface area (Å²) in [6, 6.07) is 15.5. The largest absolute Gasteiger partial charge is 0.372 e. The number of rotatable bonds is 7. The lowest BCUT2D eigenvalue weighted by atomic mass is 10.2. The Bertz CT molecular complexity index is 987. The summed E-state index contributed by atoms with van der Waals surface area (Å²) in [7, 11) is 0. The van der Waals surface area contributed by atoms with Crippen molar-refractivity contribution in [2.45, 2.75) is 20.8 Å². The monoisotopic (exact) mass is 393 g/mol. The first-order valence-electron chi connectivity index (χ1n) is 9.53. The number of amides is 1. The molecule has 0 atom stereocenters. The summed E-state index contributed by atoms with van der Waals surface area (Å²) in [6.45, 7) is 7.82. The number of carbonyl (C=O) groups excluding carboxylic acids is 1. The van der Waals surface area contributed by atoms with Gasteiger partial charge in [0.25, 0.3) is 5.91 Å². The Balaban J connectivity index is 1.77. The van der Waals surface area contributed by atoms with E-state index in [9.17, 15) is 9.18 Å². The van der Waals surface area contributed by atoms with Crippen LogP contribution in [0.5, 0.6) is 0 Å². The second-order valence-electron chi connectivity index (χ2n) is 6.46. The molecule has 29 heavy (non-hydrogen) atoms. The number of aryl methyl sites for hydroxylation is 1. The van der Waals surface area contributed by atoms with Crippen molar-refractivity contribution >= 4 is 28.8 Å². The number of hydrogen-bond donors (Lipinski definition) is 2. The maximum Gasteiger partial charge on any atom is 0.274 e. The van der Waals surface area contributed by atoms with Gasteiger partial charge in [0.2, 0.25) is 0 Å². The Labute approximate surface area is 169 Å². The van der Waals surface area contributed by atoms with Crippen molar-refractivity contribution < 1.29 is 9.18 Å². The standard InChI is InChI=1S/C22H24FN5O/c1-4-28(5-2)17-12-10-16(11-13-17)26-21-14-20(24-15(3)25-21)22(29)27-19-9-7-6-8-18(19)23/h6-14H,4-5H2,1-3H3,(H,27,29)(H,24,25,26). The molecule has 7 heteroatoms. The summed E-state index contributed by atoms with van der Waals surface area (Å²) in [5.41, 5.74) is 2.25. The Morgan fingerprint density at radius 2 is 1.72 bits per heavy atom. The molecule has 0 bridgehead atoms. The number of nitrogens with zero attached hydrogens (tertiary/aromatic N) is 3. The molecule has 150 valence electrons. The summed E-state index contributed by atoms with van der Waals surface area (Å²) in [6.07, 6.45) is 0. The number of aromatic nitrogens is 2. The van der Waals surface area contributed by atoms with Gasteiger partial charge in [-0.3, -0.25) is 4.79 Å². The van der Waals surface area contributed by atoms with E-state index < -0.39 is 11.7 Å². The smallest absolute Gasteiger partial charge is 0.274 e. The van der Waals surface area contributed by atoms with Gasteiger partial charge in [0.15, 0.2) is 0 Å². The van der Waals surface area contributed by atoms with Crippen LogP contribution in [0.25, 0.3) is 0 Å². The second-order valence-corrected chi connectivity index (χ2v) is 6.46. The van der Waals surface area contributed by atoms with Gasteiger partial charge in [0.05, 0.1) is 5.69 Å². The van der Waals surface area contributed by atoms with Gasteiger partial charge in [-0.15, -0.1) is 0 Å². The Morgan fingerprint density at radius 3 is 2.38 bits per heavy atom. The lowest BCUT2D eigenvalue weighted by Crippen LogP contribution is -2.21. The second kappa shape index (κ2) is 9.14. The van der Waals surface area contributed by atoms with E-state index in [2.05, 4.69) is 39.3 Å². The van der Waals surface area contributed by atoms with Crippen LogP contribution in [0.3, 0.4) is 0 Å². The van der Waals surface area contributed by atoms with Gasteiger partial charge in [-0.05, 0) is 57.2 Å². The molecule has 2 aromatic carbocycles. The average Bonchev–Trinajstić information content (AvgIpc) is 2.71. The lowest BCUT2D eigenvalue weighted by Gasteiger charge is -2.21. The maximum absolute atomic E-state index is 13.8. The van der Waals surface area contributed by atoms with Crippen LogP contribution in [0.2, 0.25) is 0 Å². The summed E-state index contributed by atoms with van der Waals surface area (Å²) >= 11 is 0. The Kier molecular flexibility index (Phi) is 6.39. The highest BCUT2D eigenvalue weighted by atomic mass is 19.1. The molecule has 0 aliphatic heterocycles. The van der Waals surface area contributed by atoms with Gasteiger partial charge >= 0.3 is 0 Å². The molecule has 0 fully saturated rings. The number of benzene rings is 2. The molecule has 0 saturated carbocycles. The van der Waals surface area contributed by atoms with Crippen LogP contribution in [0, 0.1) is 12.7 Å². The van der Waals surface area contributed by atoms with Crippen molar-refractivity contribution in [3.05, 3.63) is 71.9 Å². The zero-order valence-corrected chi connectivity index (χ0v) is 16.7. The van der Waals surface area contributed by atoms with E-state index in [-0.39, 0.29) is 11.4 Å². The molecule has 2 N–H and O–H groups in total. The van der Waals surface area contributed by atoms with Gasteiger partial charge in [-0.2, -0.15) is 0 Å². The molecular formula is C22H24FN5O. The van der Waals surface area contributed by atoms with Crippen LogP contribution in [0.4, 0.5) is 27.3 Å². The van der Waals surface area contributed by atoms with Crippen LogP contribution in [0.1, 0.15) is 30.2 Å². The molecule has 0 unspecified atom stereocenters. The fourth-order valence-electron chi connectivity index (χ4n) is 2.99. The minimum atomic E-state index is -0.502. The molecule has 0 radical (unpaired) electrons. The summed E-state index contributed by atoms with van der Waals surface area (Å²) in [5.74, 6) is -0.0704. The van der Waals surface area contributed by atoms with Crippen LogP contribution in [-0.4, -0.2) is 29.0 Å². The molecule has 1 amide bonds. The summed E-state index contributed by atoms with van der Waals surface area (Å²) in [4.78, 5) is 23.3. The SMILES string of the molecule is CCN(CC)c1ccc(Nc2cc(C(=O)Nc3ccccc3F)nc(C)n2)cc1. The van der Waals surface area contributed by atoms with E-state index in [1.54, 1.807) is 25.1 Å². The van der Waals surface area contributed by atoms with Crippen LogP contribution >= 0.6 is 0 Å². The average molecular weight is 393 g/mol. The number of carbonyl (C=O) groups is 1. The van der Waals surface area contributed by atoms with Gasteiger partial charge in [-0.1, -0.05) is 12.1 Å². The van der Waals surface area contributed by atoms with E-state index in [1.807, 2.05) is 24.3 Å². The lowest BCUT2D eigenvalue weighted by molar-refractivity contribution is 0.102. The van der Waals surface area contributed by atoms with Gasteiger partial charge in [-0.25, -0.2) is 14.4 Å². The van der Waals surface area contributed by atoms with Crippen molar-refractivity contribution in [3.8, 4) is 0 Å². The quantitative estimate of drug-likeness (QED) is 0.605. The van der Waals surface area contributed by atoms with Crippen LogP contribution in [0.15, 0.2) is 54.6 Å². The third-order valence-corrected chi connectivity index (χ3v) is 4.46. The first-order valence-corrected chi connectivity index (χ1v) is 9.53. The molecule has 1 aromatic heterocycles. The number of para-hydroxylation sites is 1. The molecule has 0 spiro atoms. The molecule has 3 rings (SSSR count). The molecule has 0 aliphatic rings. The fourth-order valence-corrected chi connectivity index (χ4v) is 2.99. The van der Waals surface area contributed by atoms with Crippen molar-refractivity contribution in [1.29, 1.82) is 0 Å². The van der Waals surface area contributed by atoms with Crippen LogP contribution in [-0.2, 0) is 0 Å². The zero-order chi connectivity index (χ0) is 20.8. The first-order chi connectivity index (χ1) is 14.0. The topological polar surface area (TPSA) is 70.2 Å². The van der Waals surface area contributed by atoms with E-state index in [0.29, 0.717) is 11.6 Å². The highest BCUT2D eigenvalue weighted by molar-refractivity contribution is 6.03. The third kappa shape index (κ3) is 5.07. The van der Waals surface area contributed by atoms with Gasteiger partial charge < -0.3 is 15.5 Å². The predicted octanol–water partition coefficient (Wildman–Crippen LogP) is 4.77. The van der Waals surface area contributed by atoms with Crippen LogP contribution < -0.4 is 15.5 Å². The fraction of sp³-hybridized carbons (Fsp3) is 0.227. The first kappa shape index (κ1) is 20.3. The normalized spacial score (nSPS) is 10.5. The molecule has 0 aliphatic carbocycles. The minimum Gasteiger partial charge on any atom is -0.372 e. The zero-order valence-electron chi connectivity index (χ0n) is 16.7. The van der Waals surface area contributed by atoms with E-state index in [4.69, 9.17) is 0 Å². The van der Waals surface area contributed by atoms with Crippen molar-refractivity contribution in [3.63, 3.8) is 0 Å². The summed E-state index contributed by atoms with van der Waals surface area (Å²) < 4.78 is 13.8. The van der Waals surface area contributed by atoms with E-state index in [1.165, 1.54) is 12.1 Å². The van der Waals surface area contributed by atoms with E-state index >= 15 is 0 Å². The molecule has 0 saturated heterocycles. The summed E-state index contributed by atoms with van der Waals surface area (Å²) in [5, 5.41) is 5.73. The van der Waals surface area contributed by atoms with E-state index in [0.717, 1.165) is 24.5 Å². The molecular weight excluding hydrogens is 369 g/mol. The molecule has 6 nitrogen and oxygen atoms in total. The number of nitrogens with one attached hydrogen (secondary N) is 2. The maximum atomic E-state index is 13.8. The molecule has 3 aromatic rings.